The highest BCUT2D eigenvalue weighted by Gasteiger charge is 2.55. The van der Waals surface area contributed by atoms with Crippen LogP contribution in [0.1, 0.15) is 73.6 Å². The second-order valence-corrected chi connectivity index (χ2v) is 8.61. The molecule has 1 aliphatic heterocycles. The zero-order chi connectivity index (χ0) is 12.9. The Morgan fingerprint density at radius 2 is 1.59 bits per heavy atom. The van der Waals surface area contributed by atoms with Gasteiger partial charge in [0.1, 0.15) is 0 Å². The zero-order valence-electron chi connectivity index (χ0n) is 12.8. The quantitative estimate of drug-likeness (QED) is 0.650. The molecule has 0 radical (unpaired) electrons. The van der Waals surface area contributed by atoms with E-state index in [-0.39, 0.29) is 0 Å². The molecule has 1 heterocycles. The van der Waals surface area contributed by atoms with E-state index in [9.17, 15) is 0 Å². The van der Waals surface area contributed by atoms with Crippen LogP contribution in [0.25, 0.3) is 0 Å². The van der Waals surface area contributed by atoms with Gasteiger partial charge in [0.2, 0.25) is 0 Å². The van der Waals surface area contributed by atoms with E-state index in [4.69, 9.17) is 0 Å². The van der Waals surface area contributed by atoms with Gasteiger partial charge in [-0.2, -0.15) is 0 Å². The number of likely N-dealkylation sites (tertiary alicyclic amines) is 1. The van der Waals surface area contributed by atoms with Crippen LogP contribution in [-0.2, 0) is 0 Å². The van der Waals surface area contributed by atoms with Gasteiger partial charge in [-0.25, -0.2) is 0 Å². The van der Waals surface area contributed by atoms with E-state index < -0.39 is 0 Å². The van der Waals surface area contributed by atoms with Crippen molar-refractivity contribution in [3.05, 3.63) is 0 Å². The Kier molecular flexibility index (Phi) is 3.14. The Bertz CT molecular complexity index is 275. The molecule has 0 N–H and O–H groups in total. The van der Waals surface area contributed by atoms with Crippen LogP contribution >= 0.6 is 0 Å². The molecule has 2 aliphatic rings. The van der Waals surface area contributed by atoms with E-state index in [1.54, 1.807) is 0 Å². The first-order chi connectivity index (χ1) is 7.64. The normalized spacial score (nSPS) is 29.6. The third kappa shape index (κ3) is 2.86. The third-order valence-corrected chi connectivity index (χ3v) is 4.72. The second-order valence-electron chi connectivity index (χ2n) is 8.61. The molecule has 0 amide bonds. The van der Waals surface area contributed by atoms with Gasteiger partial charge in [-0.15, -0.1) is 0 Å². The molecule has 0 aromatic rings. The van der Waals surface area contributed by atoms with Crippen LogP contribution in [0.3, 0.4) is 0 Å². The summed E-state index contributed by atoms with van der Waals surface area (Å²) in [6, 6.07) is 0.830. The monoisotopic (exact) mass is 237 g/mol. The summed E-state index contributed by atoms with van der Waals surface area (Å²) in [6.45, 7) is 15.7. The van der Waals surface area contributed by atoms with Crippen molar-refractivity contribution in [2.75, 3.05) is 6.54 Å². The van der Waals surface area contributed by atoms with Gasteiger partial charge in [0.15, 0.2) is 0 Å². The smallest absolute Gasteiger partial charge is 0.0162 e. The van der Waals surface area contributed by atoms with Gasteiger partial charge in [-0.3, -0.25) is 4.90 Å². The van der Waals surface area contributed by atoms with E-state index in [1.807, 2.05) is 0 Å². The Morgan fingerprint density at radius 1 is 1.00 bits per heavy atom. The minimum absolute atomic E-state index is 0.339. The van der Waals surface area contributed by atoms with Crippen molar-refractivity contribution < 1.29 is 0 Å². The minimum Gasteiger partial charge on any atom is -0.295 e. The number of piperidine rings is 1. The average molecular weight is 237 g/mol. The van der Waals surface area contributed by atoms with Crippen LogP contribution in [0.2, 0.25) is 0 Å². The van der Waals surface area contributed by atoms with E-state index >= 15 is 0 Å². The van der Waals surface area contributed by atoms with Crippen LogP contribution in [-0.4, -0.2) is 23.0 Å². The molecule has 1 atom stereocenters. The molecule has 0 bridgehead atoms. The number of hydrogen-bond acceptors (Lipinski definition) is 1. The SMILES string of the molecule is CC(C)(C)CC1N(C(C)(C)C)CCCC12CC2. The van der Waals surface area contributed by atoms with Gasteiger partial charge < -0.3 is 0 Å². The van der Waals surface area contributed by atoms with Gasteiger partial charge in [0, 0.05) is 11.6 Å². The molecule has 1 spiro atoms. The maximum atomic E-state index is 2.81. The predicted octanol–water partition coefficient (Wildman–Crippen LogP) is 4.47. The van der Waals surface area contributed by atoms with Crippen molar-refractivity contribution in [2.24, 2.45) is 10.8 Å². The first-order valence-electron chi connectivity index (χ1n) is 7.41. The molecule has 0 aromatic carbocycles. The Hall–Kier alpha value is -0.0400. The third-order valence-electron chi connectivity index (χ3n) is 4.72. The van der Waals surface area contributed by atoms with Crippen molar-refractivity contribution >= 4 is 0 Å². The number of rotatable bonds is 1. The lowest BCUT2D eigenvalue weighted by molar-refractivity contribution is -0.0146. The molecule has 1 saturated carbocycles. The lowest BCUT2D eigenvalue weighted by atomic mass is 9.75. The maximum Gasteiger partial charge on any atom is 0.0162 e. The average Bonchev–Trinajstić information content (AvgIpc) is 2.86. The highest BCUT2D eigenvalue weighted by atomic mass is 15.2. The molecule has 2 fully saturated rings. The van der Waals surface area contributed by atoms with Crippen LogP contribution in [0.15, 0.2) is 0 Å². The van der Waals surface area contributed by atoms with Gasteiger partial charge in [-0.05, 0) is 70.3 Å². The summed E-state index contributed by atoms with van der Waals surface area (Å²) in [7, 11) is 0. The van der Waals surface area contributed by atoms with Gasteiger partial charge >= 0.3 is 0 Å². The van der Waals surface area contributed by atoms with Crippen LogP contribution in [0.5, 0.6) is 0 Å². The van der Waals surface area contributed by atoms with Crippen molar-refractivity contribution in [1.29, 1.82) is 0 Å². The van der Waals surface area contributed by atoms with E-state index in [0.29, 0.717) is 16.4 Å². The van der Waals surface area contributed by atoms with Crippen molar-refractivity contribution in [2.45, 2.75) is 85.2 Å². The first kappa shape index (κ1) is 13.4. The zero-order valence-corrected chi connectivity index (χ0v) is 12.8. The first-order valence-corrected chi connectivity index (χ1v) is 7.41. The van der Waals surface area contributed by atoms with Crippen molar-refractivity contribution in [3.8, 4) is 0 Å². The molecule has 1 heteroatoms. The molecule has 1 saturated heterocycles. The maximum absolute atomic E-state index is 2.81. The molecular weight excluding hydrogens is 206 g/mol. The van der Waals surface area contributed by atoms with Crippen LogP contribution in [0, 0.1) is 10.8 Å². The van der Waals surface area contributed by atoms with E-state index in [1.165, 1.54) is 38.6 Å². The van der Waals surface area contributed by atoms with Gasteiger partial charge in [0.25, 0.3) is 0 Å². The summed E-state index contributed by atoms with van der Waals surface area (Å²) in [6.07, 6.45) is 7.24. The predicted molar refractivity (Wildman–Crippen MR) is 75.2 cm³/mol. The van der Waals surface area contributed by atoms with Gasteiger partial charge in [-0.1, -0.05) is 20.8 Å². The number of hydrogen-bond donors (Lipinski definition) is 0. The Labute approximate surface area is 108 Å². The second kappa shape index (κ2) is 3.98. The van der Waals surface area contributed by atoms with E-state index in [2.05, 4.69) is 46.4 Å². The molecule has 1 aliphatic carbocycles. The van der Waals surface area contributed by atoms with Crippen LogP contribution in [0.4, 0.5) is 0 Å². The summed E-state index contributed by atoms with van der Waals surface area (Å²) in [4.78, 5) is 2.81. The molecule has 1 nitrogen and oxygen atoms in total. The fourth-order valence-electron chi connectivity index (χ4n) is 3.71. The fourth-order valence-corrected chi connectivity index (χ4v) is 3.71. The molecular formula is C16H31N. The minimum atomic E-state index is 0.339. The standard InChI is InChI=1S/C16H31N/c1-14(2,3)12-13-16(9-10-16)8-7-11-17(13)15(4,5)6/h13H,7-12H2,1-6H3. The topological polar surface area (TPSA) is 3.24 Å². The number of nitrogens with zero attached hydrogens (tertiary/aromatic N) is 1. The van der Waals surface area contributed by atoms with Crippen LogP contribution < -0.4 is 0 Å². The lowest BCUT2D eigenvalue weighted by Gasteiger charge is -2.51. The van der Waals surface area contributed by atoms with Gasteiger partial charge in [0.05, 0.1) is 0 Å². The molecule has 100 valence electrons. The summed E-state index contributed by atoms with van der Waals surface area (Å²) in [5, 5.41) is 0. The summed E-state index contributed by atoms with van der Waals surface area (Å²) < 4.78 is 0. The Morgan fingerprint density at radius 3 is 2.00 bits per heavy atom. The van der Waals surface area contributed by atoms with Crippen molar-refractivity contribution in [3.63, 3.8) is 0 Å². The highest BCUT2D eigenvalue weighted by molar-refractivity contribution is 5.08. The highest BCUT2D eigenvalue weighted by Crippen LogP contribution is 2.59. The summed E-state index contributed by atoms with van der Waals surface area (Å²) in [5.41, 5.74) is 1.51. The van der Waals surface area contributed by atoms with E-state index in [0.717, 1.165) is 6.04 Å². The van der Waals surface area contributed by atoms with Crippen molar-refractivity contribution in [1.82, 2.24) is 4.90 Å². The summed E-state index contributed by atoms with van der Waals surface area (Å²) in [5.74, 6) is 0. The largest absolute Gasteiger partial charge is 0.295 e. The molecule has 0 aromatic heterocycles. The fraction of sp³-hybridized carbons (Fsp3) is 1.00. The lowest BCUT2D eigenvalue weighted by Crippen LogP contribution is -2.56. The molecule has 1 unspecified atom stereocenters. The summed E-state index contributed by atoms with van der Waals surface area (Å²) >= 11 is 0. The molecule has 2 rings (SSSR count). The molecule has 17 heavy (non-hydrogen) atoms. The Balaban J connectivity index is 2.19.